The Bertz CT molecular complexity index is 425. The summed E-state index contributed by atoms with van der Waals surface area (Å²) in [5, 5.41) is 3.11. The standard InChI is InChI=1S/C15H23FN2O/c1-4-13-10-19-11(2)9-18(13)15-12(8-17-3)6-5-7-14(15)16/h5-7,11,13,17H,4,8-10H2,1-3H3. The predicted molar refractivity (Wildman–Crippen MR) is 76.0 cm³/mol. The number of nitrogens with one attached hydrogen (secondary N) is 1. The maximum Gasteiger partial charge on any atom is 0.146 e. The second-order valence-corrected chi connectivity index (χ2v) is 5.14. The Labute approximate surface area is 114 Å². The van der Waals surface area contributed by atoms with Crippen molar-refractivity contribution in [3.63, 3.8) is 0 Å². The van der Waals surface area contributed by atoms with Crippen molar-refractivity contribution in [3.05, 3.63) is 29.6 Å². The second-order valence-electron chi connectivity index (χ2n) is 5.14. The number of hydrogen-bond acceptors (Lipinski definition) is 3. The summed E-state index contributed by atoms with van der Waals surface area (Å²) in [6.45, 7) is 6.25. The van der Waals surface area contributed by atoms with E-state index in [2.05, 4.69) is 17.1 Å². The molecule has 2 rings (SSSR count). The lowest BCUT2D eigenvalue weighted by molar-refractivity contribution is 0.0296. The first kappa shape index (κ1) is 14.3. The Morgan fingerprint density at radius 2 is 2.26 bits per heavy atom. The van der Waals surface area contributed by atoms with Crippen molar-refractivity contribution in [2.45, 2.75) is 39.0 Å². The molecule has 1 aromatic carbocycles. The smallest absolute Gasteiger partial charge is 0.146 e. The van der Waals surface area contributed by atoms with E-state index in [0.29, 0.717) is 13.2 Å². The van der Waals surface area contributed by atoms with E-state index in [1.807, 2.05) is 20.0 Å². The Morgan fingerprint density at radius 3 is 2.95 bits per heavy atom. The molecule has 3 nitrogen and oxygen atoms in total. The van der Waals surface area contributed by atoms with Gasteiger partial charge in [0.15, 0.2) is 0 Å². The first-order valence-electron chi connectivity index (χ1n) is 6.97. The van der Waals surface area contributed by atoms with Gasteiger partial charge in [0.05, 0.1) is 24.4 Å². The van der Waals surface area contributed by atoms with Crippen LogP contribution in [-0.4, -0.2) is 32.3 Å². The van der Waals surface area contributed by atoms with Crippen LogP contribution in [0, 0.1) is 5.82 Å². The zero-order chi connectivity index (χ0) is 13.8. The van der Waals surface area contributed by atoms with Crippen LogP contribution in [0.1, 0.15) is 25.8 Å². The highest BCUT2D eigenvalue weighted by molar-refractivity contribution is 5.56. The molecular weight excluding hydrogens is 243 g/mol. The third kappa shape index (κ3) is 3.07. The fraction of sp³-hybridized carbons (Fsp3) is 0.600. The summed E-state index contributed by atoms with van der Waals surface area (Å²) >= 11 is 0. The van der Waals surface area contributed by atoms with Gasteiger partial charge in [-0.15, -0.1) is 0 Å². The van der Waals surface area contributed by atoms with Crippen LogP contribution in [0.4, 0.5) is 10.1 Å². The van der Waals surface area contributed by atoms with Gasteiger partial charge in [0.1, 0.15) is 5.82 Å². The molecule has 0 amide bonds. The maximum atomic E-state index is 14.3. The molecule has 2 atom stereocenters. The van der Waals surface area contributed by atoms with Crippen LogP contribution in [0.15, 0.2) is 18.2 Å². The molecule has 0 bridgehead atoms. The summed E-state index contributed by atoms with van der Waals surface area (Å²) in [6, 6.07) is 5.56. The molecule has 1 aliphatic heterocycles. The molecule has 1 aliphatic rings. The normalized spacial score (nSPS) is 23.7. The lowest BCUT2D eigenvalue weighted by atomic mass is 10.1. The fourth-order valence-corrected chi connectivity index (χ4v) is 2.67. The van der Waals surface area contributed by atoms with Gasteiger partial charge in [0.2, 0.25) is 0 Å². The molecule has 2 unspecified atom stereocenters. The Balaban J connectivity index is 2.37. The van der Waals surface area contributed by atoms with Crippen LogP contribution in [0.5, 0.6) is 0 Å². The molecule has 0 aliphatic carbocycles. The van der Waals surface area contributed by atoms with Gasteiger partial charge in [0.25, 0.3) is 0 Å². The molecule has 1 saturated heterocycles. The van der Waals surface area contributed by atoms with E-state index in [9.17, 15) is 4.39 Å². The van der Waals surface area contributed by atoms with Crippen molar-refractivity contribution >= 4 is 5.69 Å². The van der Waals surface area contributed by atoms with Crippen LogP contribution in [0.3, 0.4) is 0 Å². The minimum absolute atomic E-state index is 0.139. The Hall–Kier alpha value is -1.13. The number of morpholine rings is 1. The van der Waals surface area contributed by atoms with Crippen molar-refractivity contribution in [1.82, 2.24) is 5.32 Å². The SMILES string of the molecule is CCC1COC(C)CN1c1c(F)cccc1CNC. The highest BCUT2D eigenvalue weighted by Gasteiger charge is 2.28. The van der Waals surface area contributed by atoms with Crippen LogP contribution in [0.2, 0.25) is 0 Å². The molecule has 1 N–H and O–H groups in total. The van der Waals surface area contributed by atoms with Crippen molar-refractivity contribution in [2.75, 3.05) is 25.1 Å². The fourth-order valence-electron chi connectivity index (χ4n) is 2.67. The average Bonchev–Trinajstić information content (AvgIpc) is 2.39. The molecular formula is C15H23FN2O. The predicted octanol–water partition coefficient (Wildman–Crippen LogP) is 2.55. The lowest BCUT2D eigenvalue weighted by Crippen LogP contribution is -2.49. The summed E-state index contributed by atoms with van der Waals surface area (Å²) in [6.07, 6.45) is 1.10. The van der Waals surface area contributed by atoms with E-state index in [4.69, 9.17) is 4.74 Å². The van der Waals surface area contributed by atoms with Gasteiger partial charge in [0, 0.05) is 13.1 Å². The molecule has 106 valence electrons. The largest absolute Gasteiger partial charge is 0.375 e. The number of hydrogen-bond donors (Lipinski definition) is 1. The van der Waals surface area contributed by atoms with Gasteiger partial charge in [-0.3, -0.25) is 0 Å². The van der Waals surface area contributed by atoms with Gasteiger partial charge < -0.3 is 15.0 Å². The average molecular weight is 266 g/mol. The first-order chi connectivity index (χ1) is 9.17. The van der Waals surface area contributed by atoms with Crippen LogP contribution >= 0.6 is 0 Å². The minimum atomic E-state index is -0.139. The molecule has 1 heterocycles. The number of benzene rings is 1. The second kappa shape index (κ2) is 6.35. The van der Waals surface area contributed by atoms with E-state index < -0.39 is 0 Å². The number of halogens is 1. The number of anilines is 1. The van der Waals surface area contributed by atoms with Crippen molar-refractivity contribution in [3.8, 4) is 0 Å². The van der Waals surface area contributed by atoms with E-state index in [0.717, 1.165) is 24.2 Å². The summed E-state index contributed by atoms with van der Waals surface area (Å²) in [4.78, 5) is 2.18. The summed E-state index contributed by atoms with van der Waals surface area (Å²) in [7, 11) is 1.88. The maximum absolute atomic E-state index is 14.3. The van der Waals surface area contributed by atoms with Gasteiger partial charge in [-0.2, -0.15) is 0 Å². The molecule has 0 radical (unpaired) electrons. The number of ether oxygens (including phenoxy) is 1. The molecule has 0 spiro atoms. The summed E-state index contributed by atoms with van der Waals surface area (Å²) in [5.41, 5.74) is 1.74. The number of para-hydroxylation sites is 1. The quantitative estimate of drug-likeness (QED) is 0.906. The summed E-state index contributed by atoms with van der Waals surface area (Å²) < 4.78 is 20.0. The molecule has 4 heteroatoms. The van der Waals surface area contributed by atoms with Gasteiger partial charge in [-0.05, 0) is 32.0 Å². The number of rotatable bonds is 4. The van der Waals surface area contributed by atoms with E-state index >= 15 is 0 Å². The molecule has 1 fully saturated rings. The topological polar surface area (TPSA) is 24.5 Å². The Morgan fingerprint density at radius 1 is 1.47 bits per heavy atom. The van der Waals surface area contributed by atoms with Crippen LogP contribution in [-0.2, 0) is 11.3 Å². The molecule has 1 aromatic rings. The lowest BCUT2D eigenvalue weighted by Gasteiger charge is -2.41. The highest BCUT2D eigenvalue weighted by atomic mass is 19.1. The van der Waals surface area contributed by atoms with E-state index in [1.165, 1.54) is 0 Å². The van der Waals surface area contributed by atoms with Gasteiger partial charge >= 0.3 is 0 Å². The monoisotopic (exact) mass is 266 g/mol. The van der Waals surface area contributed by atoms with Gasteiger partial charge in [-0.1, -0.05) is 19.1 Å². The third-order valence-electron chi connectivity index (χ3n) is 3.66. The van der Waals surface area contributed by atoms with Crippen LogP contribution in [0.25, 0.3) is 0 Å². The molecule has 19 heavy (non-hydrogen) atoms. The minimum Gasteiger partial charge on any atom is -0.375 e. The van der Waals surface area contributed by atoms with Crippen molar-refractivity contribution in [2.24, 2.45) is 0 Å². The zero-order valence-electron chi connectivity index (χ0n) is 11.9. The third-order valence-corrected chi connectivity index (χ3v) is 3.66. The summed E-state index contributed by atoms with van der Waals surface area (Å²) in [5.74, 6) is -0.139. The highest BCUT2D eigenvalue weighted by Crippen LogP contribution is 2.29. The zero-order valence-corrected chi connectivity index (χ0v) is 11.9. The molecule has 0 saturated carbocycles. The Kier molecular flexibility index (Phi) is 4.77. The van der Waals surface area contributed by atoms with Crippen molar-refractivity contribution in [1.29, 1.82) is 0 Å². The van der Waals surface area contributed by atoms with Gasteiger partial charge in [-0.25, -0.2) is 4.39 Å². The number of nitrogens with zero attached hydrogens (tertiary/aromatic N) is 1. The van der Waals surface area contributed by atoms with E-state index in [1.54, 1.807) is 12.1 Å². The first-order valence-corrected chi connectivity index (χ1v) is 6.97. The molecule has 0 aromatic heterocycles. The van der Waals surface area contributed by atoms with Crippen molar-refractivity contribution < 1.29 is 9.13 Å². The van der Waals surface area contributed by atoms with E-state index in [-0.39, 0.29) is 18.0 Å². The van der Waals surface area contributed by atoms with Crippen LogP contribution < -0.4 is 10.2 Å².